The molecular weight excluding hydrogens is 364 g/mol. The van der Waals surface area contributed by atoms with Crippen LogP contribution in [0.3, 0.4) is 0 Å². The highest BCUT2D eigenvalue weighted by Gasteiger charge is 2.07. The maximum atomic E-state index is 10.7. The molecule has 1 heterocycles. The molecule has 1 aromatic heterocycles. The molecule has 6 nitrogen and oxygen atoms in total. The van der Waals surface area contributed by atoms with Crippen LogP contribution in [0.4, 0.5) is 11.5 Å². The largest absolute Gasteiger partial charge is 0.269 e. The summed E-state index contributed by atoms with van der Waals surface area (Å²) in [6, 6.07) is 22.2. The van der Waals surface area contributed by atoms with Gasteiger partial charge in [0, 0.05) is 22.9 Å². The number of benzene rings is 3. The number of anilines is 1. The summed E-state index contributed by atoms with van der Waals surface area (Å²) >= 11 is 0. The van der Waals surface area contributed by atoms with Crippen molar-refractivity contribution >= 4 is 51.8 Å². The fraction of sp³-hybridized carbons (Fsp3) is 0. The first-order valence-corrected chi connectivity index (χ1v) is 8.03. The van der Waals surface area contributed by atoms with Gasteiger partial charge in [0.25, 0.3) is 5.69 Å². The Balaban J connectivity index is 0.00000210. The summed E-state index contributed by atoms with van der Waals surface area (Å²) in [7, 11) is 0. The normalized spacial score (nSPS) is 10.8. The lowest BCUT2D eigenvalue weighted by Gasteiger charge is -2.08. The van der Waals surface area contributed by atoms with Crippen molar-refractivity contribution < 1.29 is 4.92 Å². The number of para-hydroxylation sites is 1. The number of hydrogen-bond acceptors (Lipinski definition) is 5. The van der Waals surface area contributed by atoms with Crippen molar-refractivity contribution in [2.75, 3.05) is 5.43 Å². The molecule has 1 N–H and O–H groups in total. The van der Waals surface area contributed by atoms with Crippen LogP contribution in [0.5, 0.6) is 0 Å². The molecule has 0 atom stereocenters. The minimum atomic E-state index is -0.426. The van der Waals surface area contributed by atoms with Crippen LogP contribution in [-0.4, -0.2) is 16.1 Å². The minimum Gasteiger partial charge on any atom is -0.261 e. The highest BCUT2D eigenvalue weighted by atomic mass is 35.5. The summed E-state index contributed by atoms with van der Waals surface area (Å²) in [5.74, 6) is 0.664. The van der Waals surface area contributed by atoms with E-state index >= 15 is 0 Å². The van der Waals surface area contributed by atoms with Gasteiger partial charge in [0.1, 0.15) is 0 Å². The summed E-state index contributed by atoms with van der Waals surface area (Å²) in [6.07, 6.45) is 1.61. The van der Waals surface area contributed by atoms with Crippen LogP contribution in [0, 0.1) is 10.1 Å². The van der Waals surface area contributed by atoms with E-state index in [2.05, 4.69) is 27.6 Å². The first-order chi connectivity index (χ1) is 12.7. The Morgan fingerprint density at radius 3 is 2.22 bits per heavy atom. The van der Waals surface area contributed by atoms with Crippen LogP contribution >= 0.6 is 12.4 Å². The Hall–Kier alpha value is -3.51. The molecule has 0 spiro atoms. The highest BCUT2D eigenvalue weighted by molar-refractivity contribution is 6.10. The lowest BCUT2D eigenvalue weighted by molar-refractivity contribution is -0.384. The van der Waals surface area contributed by atoms with E-state index in [0.717, 1.165) is 27.2 Å². The first kappa shape index (κ1) is 18.3. The number of aromatic nitrogens is 1. The van der Waals surface area contributed by atoms with E-state index in [0.29, 0.717) is 5.82 Å². The number of halogens is 1. The van der Waals surface area contributed by atoms with Crippen molar-refractivity contribution in [2.24, 2.45) is 5.10 Å². The molecular formula is C20H15ClN4O2. The zero-order valence-electron chi connectivity index (χ0n) is 14.1. The molecule has 4 rings (SSSR count). The lowest BCUT2D eigenvalue weighted by atomic mass is 10.1. The second-order valence-electron chi connectivity index (χ2n) is 5.74. The predicted octanol–water partition coefficient (Wildman–Crippen LogP) is 5.16. The number of nitrogens with zero attached hydrogens (tertiary/aromatic N) is 3. The molecule has 0 saturated carbocycles. The molecule has 3 aromatic carbocycles. The van der Waals surface area contributed by atoms with Crippen LogP contribution in [0.2, 0.25) is 0 Å². The van der Waals surface area contributed by atoms with E-state index in [9.17, 15) is 10.1 Å². The molecule has 0 radical (unpaired) electrons. The number of nitro groups is 1. The van der Waals surface area contributed by atoms with Crippen LogP contribution in [-0.2, 0) is 0 Å². The van der Waals surface area contributed by atoms with Gasteiger partial charge in [-0.3, -0.25) is 15.5 Å². The molecule has 7 heteroatoms. The average Bonchev–Trinajstić information content (AvgIpc) is 2.68. The molecule has 0 bridgehead atoms. The van der Waals surface area contributed by atoms with E-state index in [4.69, 9.17) is 0 Å². The molecule has 0 aliphatic rings. The lowest BCUT2D eigenvalue weighted by Crippen LogP contribution is -1.96. The molecule has 0 amide bonds. The van der Waals surface area contributed by atoms with E-state index in [-0.39, 0.29) is 18.1 Å². The Bertz CT molecular complexity index is 1140. The average molecular weight is 379 g/mol. The van der Waals surface area contributed by atoms with Gasteiger partial charge in [0.05, 0.1) is 16.7 Å². The van der Waals surface area contributed by atoms with E-state index in [1.807, 2.05) is 36.4 Å². The van der Waals surface area contributed by atoms with Gasteiger partial charge in [-0.05, 0) is 29.1 Å². The van der Waals surface area contributed by atoms with Gasteiger partial charge < -0.3 is 0 Å². The Kier molecular flexibility index (Phi) is 5.28. The molecule has 0 aliphatic heterocycles. The van der Waals surface area contributed by atoms with Gasteiger partial charge in [-0.2, -0.15) is 5.10 Å². The number of nitro benzene ring substituents is 1. The second-order valence-corrected chi connectivity index (χ2v) is 5.74. The van der Waals surface area contributed by atoms with Crippen molar-refractivity contribution in [1.82, 2.24) is 4.98 Å². The van der Waals surface area contributed by atoms with E-state index < -0.39 is 4.92 Å². The monoisotopic (exact) mass is 378 g/mol. The third-order valence-corrected chi connectivity index (χ3v) is 4.10. The number of fused-ring (bicyclic) bond motifs is 3. The maximum Gasteiger partial charge on any atom is 0.269 e. The fourth-order valence-electron chi connectivity index (χ4n) is 2.84. The SMILES string of the molecule is Cl.O=[N+]([O-])c1ccc(C=NNc2nc3ccccc3c3ccccc23)cc1. The standard InChI is InChI=1S/C20H14N4O2.ClH/c25-24(26)15-11-9-14(10-12-15)13-21-23-20-18-7-2-1-5-16(18)17-6-3-4-8-19(17)22-20;/h1-13H,(H,22,23);1H. The number of non-ortho nitro benzene ring substituents is 1. The molecule has 27 heavy (non-hydrogen) atoms. The number of hydrogen-bond donors (Lipinski definition) is 1. The highest BCUT2D eigenvalue weighted by Crippen LogP contribution is 2.28. The summed E-state index contributed by atoms with van der Waals surface area (Å²) in [5.41, 5.74) is 4.69. The molecule has 0 saturated heterocycles. The van der Waals surface area contributed by atoms with Crippen LogP contribution in [0.15, 0.2) is 77.9 Å². The Morgan fingerprint density at radius 1 is 0.889 bits per heavy atom. The quantitative estimate of drug-likeness (QED) is 0.230. The number of nitrogens with one attached hydrogen (secondary N) is 1. The van der Waals surface area contributed by atoms with Crippen molar-refractivity contribution in [3.63, 3.8) is 0 Å². The zero-order chi connectivity index (χ0) is 17.9. The van der Waals surface area contributed by atoms with Gasteiger partial charge >= 0.3 is 0 Å². The zero-order valence-corrected chi connectivity index (χ0v) is 14.9. The summed E-state index contributed by atoms with van der Waals surface area (Å²) in [6.45, 7) is 0. The predicted molar refractivity (Wildman–Crippen MR) is 111 cm³/mol. The third kappa shape index (κ3) is 3.70. The summed E-state index contributed by atoms with van der Waals surface area (Å²) in [5, 5.41) is 18.1. The number of hydrazone groups is 1. The van der Waals surface area contributed by atoms with E-state index in [1.54, 1.807) is 18.3 Å². The van der Waals surface area contributed by atoms with Crippen molar-refractivity contribution in [1.29, 1.82) is 0 Å². The van der Waals surface area contributed by atoms with Gasteiger partial charge in [0.2, 0.25) is 0 Å². The van der Waals surface area contributed by atoms with Crippen molar-refractivity contribution in [3.05, 3.63) is 88.5 Å². The summed E-state index contributed by atoms with van der Waals surface area (Å²) < 4.78 is 0. The third-order valence-electron chi connectivity index (χ3n) is 4.10. The second kappa shape index (κ2) is 7.80. The van der Waals surface area contributed by atoms with Crippen molar-refractivity contribution in [3.8, 4) is 0 Å². The maximum absolute atomic E-state index is 10.7. The van der Waals surface area contributed by atoms with Gasteiger partial charge in [0.15, 0.2) is 5.82 Å². The Morgan fingerprint density at radius 2 is 1.52 bits per heavy atom. The minimum absolute atomic E-state index is 0. The molecule has 0 aliphatic carbocycles. The van der Waals surface area contributed by atoms with Crippen LogP contribution in [0.25, 0.3) is 21.7 Å². The van der Waals surface area contributed by atoms with Gasteiger partial charge in [-0.15, -0.1) is 12.4 Å². The number of pyridine rings is 1. The topological polar surface area (TPSA) is 80.4 Å². The summed E-state index contributed by atoms with van der Waals surface area (Å²) in [4.78, 5) is 14.9. The van der Waals surface area contributed by atoms with Gasteiger partial charge in [-0.25, -0.2) is 4.98 Å². The van der Waals surface area contributed by atoms with Crippen molar-refractivity contribution in [2.45, 2.75) is 0 Å². The first-order valence-electron chi connectivity index (χ1n) is 8.03. The molecule has 0 fully saturated rings. The van der Waals surface area contributed by atoms with Crippen LogP contribution in [0.1, 0.15) is 5.56 Å². The number of rotatable bonds is 4. The Labute approximate surface area is 161 Å². The van der Waals surface area contributed by atoms with Gasteiger partial charge in [-0.1, -0.05) is 42.5 Å². The molecule has 134 valence electrons. The van der Waals surface area contributed by atoms with E-state index in [1.165, 1.54) is 12.1 Å². The smallest absolute Gasteiger partial charge is 0.261 e. The fourth-order valence-corrected chi connectivity index (χ4v) is 2.84. The molecule has 4 aromatic rings. The molecule has 0 unspecified atom stereocenters. The van der Waals surface area contributed by atoms with Crippen LogP contribution < -0.4 is 5.43 Å².